The molecule has 15 heavy (non-hydrogen) atoms. The summed E-state index contributed by atoms with van der Waals surface area (Å²) in [5, 5.41) is 3.41. The quantitative estimate of drug-likeness (QED) is 0.741. The molecule has 0 radical (unpaired) electrons. The van der Waals surface area contributed by atoms with Crippen molar-refractivity contribution in [3.05, 3.63) is 17.5 Å². The van der Waals surface area contributed by atoms with Crippen molar-refractivity contribution in [1.29, 1.82) is 0 Å². The van der Waals surface area contributed by atoms with Crippen LogP contribution in [0.2, 0.25) is 0 Å². The van der Waals surface area contributed by atoms with Crippen LogP contribution in [0.25, 0.3) is 0 Å². The third-order valence-corrected chi connectivity index (χ3v) is 2.62. The molecule has 0 unspecified atom stereocenters. The average Bonchev–Trinajstić information content (AvgIpc) is 2.16. The molecule has 1 aromatic heterocycles. The van der Waals surface area contributed by atoms with Gasteiger partial charge in [-0.1, -0.05) is 0 Å². The largest absolute Gasteiger partial charge is 0.338 e. The molecule has 0 amide bonds. The number of hydrogen-bond donors (Lipinski definition) is 1. The van der Waals surface area contributed by atoms with Gasteiger partial charge >= 0.3 is 0 Å². The molecule has 4 nitrogen and oxygen atoms in total. The number of nitrogens with zero attached hydrogens (tertiary/aromatic N) is 3. The Balaban J connectivity index is 2.20. The van der Waals surface area contributed by atoms with Crippen molar-refractivity contribution in [2.24, 2.45) is 0 Å². The smallest absolute Gasteiger partial charge is 0.225 e. The van der Waals surface area contributed by atoms with Crippen LogP contribution in [0.1, 0.15) is 18.3 Å². The Bertz CT molecular complexity index is 330. The Morgan fingerprint density at radius 2 is 2.00 bits per heavy atom. The lowest BCUT2D eigenvalue weighted by atomic mass is 10.2. The topological polar surface area (TPSA) is 41.1 Å². The summed E-state index contributed by atoms with van der Waals surface area (Å²) >= 11 is 0. The Hall–Kier alpha value is -1.16. The molecule has 1 saturated heterocycles. The molecular formula is C11H18N4. The van der Waals surface area contributed by atoms with Gasteiger partial charge in [-0.25, -0.2) is 9.97 Å². The number of rotatable bonds is 1. The Labute approximate surface area is 90.7 Å². The van der Waals surface area contributed by atoms with Gasteiger partial charge in [0.25, 0.3) is 0 Å². The first kappa shape index (κ1) is 10.4. The van der Waals surface area contributed by atoms with Crippen LogP contribution in [0.3, 0.4) is 0 Å². The second-order valence-corrected chi connectivity index (χ2v) is 4.25. The second kappa shape index (κ2) is 4.14. The van der Waals surface area contributed by atoms with Crippen molar-refractivity contribution < 1.29 is 0 Å². The van der Waals surface area contributed by atoms with Crippen molar-refractivity contribution in [1.82, 2.24) is 15.3 Å². The Morgan fingerprint density at radius 1 is 1.33 bits per heavy atom. The molecule has 4 heteroatoms. The summed E-state index contributed by atoms with van der Waals surface area (Å²) in [6.07, 6.45) is 0. The molecule has 0 aliphatic carbocycles. The van der Waals surface area contributed by atoms with E-state index < -0.39 is 0 Å². The van der Waals surface area contributed by atoms with E-state index in [-0.39, 0.29) is 0 Å². The van der Waals surface area contributed by atoms with Gasteiger partial charge < -0.3 is 10.2 Å². The lowest BCUT2D eigenvalue weighted by Crippen LogP contribution is -2.49. The predicted octanol–water partition coefficient (Wildman–Crippen LogP) is 0.892. The normalized spacial score (nSPS) is 21.8. The molecule has 0 spiro atoms. The first-order valence-corrected chi connectivity index (χ1v) is 5.46. The van der Waals surface area contributed by atoms with E-state index in [0.717, 1.165) is 37.0 Å². The number of aryl methyl sites for hydroxylation is 2. The van der Waals surface area contributed by atoms with E-state index >= 15 is 0 Å². The fraction of sp³-hybridized carbons (Fsp3) is 0.636. The van der Waals surface area contributed by atoms with Gasteiger partial charge in [0.1, 0.15) is 0 Å². The highest BCUT2D eigenvalue weighted by atomic mass is 15.3. The molecule has 1 N–H and O–H groups in total. The maximum Gasteiger partial charge on any atom is 0.225 e. The summed E-state index contributed by atoms with van der Waals surface area (Å²) in [5.74, 6) is 0.876. The summed E-state index contributed by atoms with van der Waals surface area (Å²) in [7, 11) is 0. The van der Waals surface area contributed by atoms with Crippen LogP contribution in [0.4, 0.5) is 5.95 Å². The molecule has 1 atom stereocenters. The van der Waals surface area contributed by atoms with Crippen LogP contribution >= 0.6 is 0 Å². The standard InChI is InChI=1S/C11H18N4/c1-8-6-9(2)14-11(13-8)15-5-4-12-10(3)7-15/h6,10,12H,4-5,7H2,1-3H3/t10-/m1/s1. The van der Waals surface area contributed by atoms with E-state index in [4.69, 9.17) is 0 Å². The van der Waals surface area contributed by atoms with Crippen molar-refractivity contribution in [2.45, 2.75) is 26.8 Å². The zero-order valence-electron chi connectivity index (χ0n) is 9.62. The third-order valence-electron chi connectivity index (χ3n) is 2.62. The number of aromatic nitrogens is 2. The van der Waals surface area contributed by atoms with E-state index in [9.17, 15) is 0 Å². The van der Waals surface area contributed by atoms with Crippen LogP contribution in [0.15, 0.2) is 6.07 Å². The predicted molar refractivity (Wildman–Crippen MR) is 61.2 cm³/mol. The highest BCUT2D eigenvalue weighted by Crippen LogP contribution is 2.11. The molecule has 1 aliphatic heterocycles. The van der Waals surface area contributed by atoms with E-state index in [2.05, 4.69) is 27.1 Å². The Kier molecular flexibility index (Phi) is 2.86. The number of anilines is 1. The first-order chi connectivity index (χ1) is 7.15. The van der Waals surface area contributed by atoms with Crippen molar-refractivity contribution in [3.63, 3.8) is 0 Å². The molecule has 0 saturated carbocycles. The van der Waals surface area contributed by atoms with Crippen LogP contribution in [0.5, 0.6) is 0 Å². The SMILES string of the molecule is Cc1cc(C)nc(N2CCN[C@H](C)C2)n1. The highest BCUT2D eigenvalue weighted by Gasteiger charge is 2.18. The highest BCUT2D eigenvalue weighted by molar-refractivity contribution is 5.33. The van der Waals surface area contributed by atoms with Crippen molar-refractivity contribution in [3.8, 4) is 0 Å². The fourth-order valence-electron chi connectivity index (χ4n) is 1.96. The zero-order valence-corrected chi connectivity index (χ0v) is 9.62. The van der Waals surface area contributed by atoms with E-state index in [0.29, 0.717) is 6.04 Å². The molecule has 82 valence electrons. The van der Waals surface area contributed by atoms with Gasteiger partial charge in [0.15, 0.2) is 0 Å². The van der Waals surface area contributed by atoms with Crippen molar-refractivity contribution in [2.75, 3.05) is 24.5 Å². The zero-order chi connectivity index (χ0) is 10.8. The summed E-state index contributed by atoms with van der Waals surface area (Å²) in [5.41, 5.74) is 2.09. The second-order valence-electron chi connectivity index (χ2n) is 4.25. The molecular weight excluding hydrogens is 188 g/mol. The van der Waals surface area contributed by atoms with Crippen LogP contribution in [0, 0.1) is 13.8 Å². The van der Waals surface area contributed by atoms with Crippen LogP contribution in [-0.2, 0) is 0 Å². The van der Waals surface area contributed by atoms with Gasteiger partial charge in [0, 0.05) is 37.1 Å². The van der Waals surface area contributed by atoms with Gasteiger partial charge in [0.2, 0.25) is 5.95 Å². The molecule has 1 fully saturated rings. The van der Waals surface area contributed by atoms with Crippen LogP contribution < -0.4 is 10.2 Å². The van der Waals surface area contributed by atoms with Crippen molar-refractivity contribution >= 4 is 5.95 Å². The summed E-state index contributed by atoms with van der Waals surface area (Å²) in [4.78, 5) is 11.2. The number of hydrogen-bond acceptors (Lipinski definition) is 4. The van der Waals surface area contributed by atoms with E-state index in [1.807, 2.05) is 19.9 Å². The molecule has 0 aromatic carbocycles. The monoisotopic (exact) mass is 206 g/mol. The summed E-state index contributed by atoms with van der Waals surface area (Å²) in [6.45, 7) is 9.22. The third kappa shape index (κ3) is 2.45. The van der Waals surface area contributed by atoms with E-state index in [1.165, 1.54) is 0 Å². The average molecular weight is 206 g/mol. The van der Waals surface area contributed by atoms with E-state index in [1.54, 1.807) is 0 Å². The summed E-state index contributed by atoms with van der Waals surface area (Å²) in [6, 6.07) is 2.53. The number of piperazine rings is 1. The van der Waals surface area contributed by atoms with Gasteiger partial charge in [-0.15, -0.1) is 0 Å². The summed E-state index contributed by atoms with van der Waals surface area (Å²) < 4.78 is 0. The van der Waals surface area contributed by atoms with Gasteiger partial charge in [0.05, 0.1) is 0 Å². The maximum absolute atomic E-state index is 4.48. The first-order valence-electron chi connectivity index (χ1n) is 5.46. The molecule has 1 aliphatic rings. The molecule has 1 aromatic rings. The lowest BCUT2D eigenvalue weighted by Gasteiger charge is -2.32. The minimum atomic E-state index is 0.517. The number of nitrogens with one attached hydrogen (secondary N) is 1. The minimum Gasteiger partial charge on any atom is -0.338 e. The van der Waals surface area contributed by atoms with Gasteiger partial charge in [-0.05, 0) is 26.8 Å². The molecule has 2 heterocycles. The maximum atomic E-state index is 4.48. The minimum absolute atomic E-state index is 0.517. The van der Waals surface area contributed by atoms with Gasteiger partial charge in [-0.3, -0.25) is 0 Å². The molecule has 0 bridgehead atoms. The van der Waals surface area contributed by atoms with Crippen LogP contribution in [-0.4, -0.2) is 35.6 Å². The fourth-order valence-corrected chi connectivity index (χ4v) is 1.96. The van der Waals surface area contributed by atoms with Gasteiger partial charge in [-0.2, -0.15) is 0 Å². The Morgan fingerprint density at radius 3 is 2.60 bits per heavy atom. The molecule has 2 rings (SSSR count). The lowest BCUT2D eigenvalue weighted by molar-refractivity contribution is 0.479.